The molecule has 3 aromatic rings. The predicted octanol–water partition coefficient (Wildman–Crippen LogP) is 4.95. The Morgan fingerprint density at radius 2 is 1.57 bits per heavy atom. The smallest absolute Gasteiger partial charge is 0.241 e. The number of halogens is 3. The van der Waals surface area contributed by atoms with E-state index in [0.717, 1.165) is 48.4 Å². The van der Waals surface area contributed by atoms with E-state index in [2.05, 4.69) is 20.4 Å². The number of benzene rings is 2. The van der Waals surface area contributed by atoms with Crippen LogP contribution in [-0.4, -0.2) is 42.4 Å². The van der Waals surface area contributed by atoms with Crippen molar-refractivity contribution in [3.63, 3.8) is 0 Å². The Morgan fingerprint density at radius 3 is 2.17 bits per heavy atom. The van der Waals surface area contributed by atoms with Gasteiger partial charge in [0.2, 0.25) is 15.9 Å². The van der Waals surface area contributed by atoms with Crippen LogP contribution in [-0.2, 0) is 21.4 Å². The predicted molar refractivity (Wildman–Crippen MR) is 152 cm³/mol. The molecule has 1 heterocycles. The summed E-state index contributed by atoms with van der Waals surface area (Å²) in [6.45, 7) is 10.2. The van der Waals surface area contributed by atoms with Gasteiger partial charge in [-0.2, -0.15) is 0 Å². The molecule has 1 aromatic heterocycles. The van der Waals surface area contributed by atoms with Crippen molar-refractivity contribution in [2.45, 2.75) is 78.2 Å². The fourth-order valence-electron chi connectivity index (χ4n) is 6.57. The van der Waals surface area contributed by atoms with Crippen LogP contribution in [0.15, 0.2) is 23.2 Å². The van der Waals surface area contributed by atoms with Crippen LogP contribution in [0, 0.1) is 62.9 Å². The minimum absolute atomic E-state index is 0.0207. The van der Waals surface area contributed by atoms with E-state index in [1.807, 2.05) is 20.8 Å². The van der Waals surface area contributed by atoms with Crippen molar-refractivity contribution in [2.24, 2.45) is 10.8 Å². The van der Waals surface area contributed by atoms with Crippen LogP contribution in [0.1, 0.15) is 59.9 Å². The van der Waals surface area contributed by atoms with E-state index < -0.39 is 27.5 Å². The third-order valence-corrected chi connectivity index (χ3v) is 11.5. The van der Waals surface area contributed by atoms with Gasteiger partial charge in [0.15, 0.2) is 11.6 Å². The normalized spacial score (nSPS) is 19.1. The molecule has 8 nitrogen and oxygen atoms in total. The number of amides is 1. The number of hydrogen-bond acceptors (Lipinski definition) is 5. The Hall–Kier alpha value is -3.25. The molecule has 1 unspecified atom stereocenters. The second-order valence-electron chi connectivity index (χ2n) is 12.0. The van der Waals surface area contributed by atoms with Crippen molar-refractivity contribution < 1.29 is 26.4 Å². The van der Waals surface area contributed by atoms with Crippen LogP contribution in [0.3, 0.4) is 0 Å². The average molecular weight is 604 g/mol. The van der Waals surface area contributed by atoms with E-state index in [1.54, 1.807) is 18.5 Å². The second-order valence-corrected chi connectivity index (χ2v) is 13.7. The van der Waals surface area contributed by atoms with Crippen molar-refractivity contribution >= 4 is 15.9 Å². The molecule has 5 rings (SSSR count). The van der Waals surface area contributed by atoms with Crippen LogP contribution < -0.4 is 10.0 Å². The zero-order valence-corrected chi connectivity index (χ0v) is 25.3. The first-order valence-corrected chi connectivity index (χ1v) is 15.6. The average Bonchev–Trinajstić information content (AvgIpc) is 3.37. The first-order valence-electron chi connectivity index (χ1n) is 14.1. The van der Waals surface area contributed by atoms with Crippen molar-refractivity contribution in [3.05, 3.63) is 63.6 Å². The lowest BCUT2D eigenvalue weighted by molar-refractivity contribution is -0.121. The van der Waals surface area contributed by atoms with E-state index in [9.17, 15) is 26.4 Å². The molecule has 2 fully saturated rings. The maximum absolute atomic E-state index is 14.3. The molecule has 2 aromatic carbocycles. The summed E-state index contributed by atoms with van der Waals surface area (Å²) in [6, 6.07) is 1.24. The van der Waals surface area contributed by atoms with E-state index in [1.165, 1.54) is 6.20 Å². The fourth-order valence-corrected chi connectivity index (χ4v) is 8.20. The SMILES string of the molecule is Cc1c(C)c(C)c(S(=O)(=O)NCCC(=O)NCC2(Cn3cc(-c4cc(F)c(F)cc4F)nn3)CC23CCC3)c(C)c1C. The Labute approximate surface area is 244 Å². The molecule has 0 radical (unpaired) electrons. The highest BCUT2D eigenvalue weighted by Crippen LogP contribution is 2.74. The lowest BCUT2D eigenvalue weighted by Crippen LogP contribution is -2.39. The minimum Gasteiger partial charge on any atom is -0.355 e. The van der Waals surface area contributed by atoms with E-state index >= 15 is 0 Å². The van der Waals surface area contributed by atoms with Gasteiger partial charge in [-0.3, -0.25) is 9.48 Å². The molecule has 2 N–H and O–H groups in total. The molecule has 0 bridgehead atoms. The standard InChI is InChI=1S/C30H36F3N5O3S/c1-17-18(2)20(4)28(21(5)19(17)3)42(40,41)35-10-7-27(39)34-15-30(14-29(30)8-6-9-29)16-38-13-26(36-37-38)22-11-24(32)25(33)12-23(22)31/h11-13,35H,6-10,14-16H2,1-5H3,(H,34,39). The summed E-state index contributed by atoms with van der Waals surface area (Å²) >= 11 is 0. The van der Waals surface area contributed by atoms with Crippen LogP contribution in [0.2, 0.25) is 0 Å². The highest BCUT2D eigenvalue weighted by Gasteiger charge is 2.69. The quantitative estimate of drug-likeness (QED) is 0.319. The molecular weight excluding hydrogens is 567 g/mol. The number of nitrogens with zero attached hydrogens (tertiary/aromatic N) is 3. The highest BCUT2D eigenvalue weighted by atomic mass is 32.2. The second kappa shape index (κ2) is 10.8. The number of hydrogen-bond donors (Lipinski definition) is 2. The topological polar surface area (TPSA) is 106 Å². The summed E-state index contributed by atoms with van der Waals surface area (Å²) in [7, 11) is -3.81. The Kier molecular flexibility index (Phi) is 7.76. The van der Waals surface area contributed by atoms with Gasteiger partial charge in [0.1, 0.15) is 11.5 Å². The van der Waals surface area contributed by atoms with Gasteiger partial charge in [0.25, 0.3) is 0 Å². The van der Waals surface area contributed by atoms with E-state index in [4.69, 9.17) is 0 Å². The molecular formula is C30H36F3N5O3S. The van der Waals surface area contributed by atoms with E-state index in [0.29, 0.717) is 30.3 Å². The molecule has 12 heteroatoms. The van der Waals surface area contributed by atoms with Gasteiger partial charge < -0.3 is 5.32 Å². The molecule has 2 saturated carbocycles. The summed E-state index contributed by atoms with van der Waals surface area (Å²) in [5.74, 6) is -3.65. The van der Waals surface area contributed by atoms with Gasteiger partial charge in [-0.1, -0.05) is 11.6 Å². The summed E-state index contributed by atoms with van der Waals surface area (Å²) in [4.78, 5) is 13.1. The van der Waals surface area contributed by atoms with Crippen molar-refractivity contribution in [1.29, 1.82) is 0 Å². The van der Waals surface area contributed by atoms with Crippen molar-refractivity contribution in [3.8, 4) is 11.3 Å². The number of sulfonamides is 1. The molecule has 0 aliphatic heterocycles. The maximum atomic E-state index is 14.3. The van der Waals surface area contributed by atoms with Crippen molar-refractivity contribution in [1.82, 2.24) is 25.0 Å². The lowest BCUT2D eigenvalue weighted by Gasteiger charge is -2.33. The Balaban J connectivity index is 1.21. The first-order chi connectivity index (χ1) is 19.7. The molecule has 1 atom stereocenters. The molecule has 226 valence electrons. The van der Waals surface area contributed by atoms with Gasteiger partial charge >= 0.3 is 0 Å². The van der Waals surface area contributed by atoms with Crippen LogP contribution in [0.4, 0.5) is 13.2 Å². The fraction of sp³-hybridized carbons (Fsp3) is 0.500. The molecule has 1 spiro atoms. The van der Waals surface area contributed by atoms with Gasteiger partial charge in [0, 0.05) is 36.6 Å². The highest BCUT2D eigenvalue weighted by molar-refractivity contribution is 7.89. The van der Waals surface area contributed by atoms with Crippen LogP contribution >= 0.6 is 0 Å². The third kappa shape index (κ3) is 5.23. The molecule has 0 saturated heterocycles. The summed E-state index contributed by atoms with van der Waals surface area (Å²) in [5.41, 5.74) is 4.07. The number of aromatic nitrogens is 3. The zero-order chi connectivity index (χ0) is 30.6. The summed E-state index contributed by atoms with van der Waals surface area (Å²) in [5, 5.41) is 11.0. The third-order valence-electron chi connectivity index (χ3n) is 9.74. The molecule has 1 amide bonds. The Bertz CT molecular complexity index is 1650. The molecule has 2 aliphatic rings. The first kappa shape index (κ1) is 30.2. The largest absolute Gasteiger partial charge is 0.355 e. The summed E-state index contributed by atoms with van der Waals surface area (Å²) < 4.78 is 71.8. The monoisotopic (exact) mass is 603 g/mol. The van der Waals surface area contributed by atoms with Crippen molar-refractivity contribution in [2.75, 3.05) is 13.1 Å². The number of nitrogens with one attached hydrogen (secondary N) is 2. The van der Waals surface area contributed by atoms with Gasteiger partial charge in [0.05, 0.1) is 17.6 Å². The van der Waals surface area contributed by atoms with Crippen LogP contribution in [0.25, 0.3) is 11.3 Å². The minimum atomic E-state index is -3.81. The number of rotatable bonds is 10. The number of carbonyl (C=O) groups excluding carboxylic acids is 1. The lowest BCUT2D eigenvalue weighted by atomic mass is 9.75. The zero-order valence-electron chi connectivity index (χ0n) is 24.5. The summed E-state index contributed by atoms with van der Waals surface area (Å²) in [6.07, 6.45) is 5.50. The molecule has 42 heavy (non-hydrogen) atoms. The Morgan fingerprint density at radius 1 is 0.952 bits per heavy atom. The molecule has 2 aliphatic carbocycles. The van der Waals surface area contributed by atoms with Gasteiger partial charge in [-0.25, -0.2) is 26.3 Å². The van der Waals surface area contributed by atoms with Gasteiger partial charge in [-0.15, -0.1) is 5.10 Å². The van der Waals surface area contributed by atoms with E-state index in [-0.39, 0.29) is 45.9 Å². The maximum Gasteiger partial charge on any atom is 0.241 e. The van der Waals surface area contributed by atoms with Crippen LogP contribution in [0.5, 0.6) is 0 Å². The van der Waals surface area contributed by atoms with Gasteiger partial charge in [-0.05, 0) is 93.2 Å². The number of carbonyl (C=O) groups is 1.